The van der Waals surface area contributed by atoms with Crippen LogP contribution < -0.4 is 5.32 Å². The van der Waals surface area contributed by atoms with Crippen molar-refractivity contribution in [3.63, 3.8) is 0 Å². The zero-order valence-electron chi connectivity index (χ0n) is 27.3. The summed E-state index contributed by atoms with van der Waals surface area (Å²) in [6.45, 7) is 9.76. The molecule has 42 heavy (non-hydrogen) atoms. The highest BCUT2D eigenvalue weighted by molar-refractivity contribution is 5.39. The Balaban J connectivity index is 1.11. The first-order valence-electron chi connectivity index (χ1n) is 18.4. The van der Waals surface area contributed by atoms with Crippen molar-refractivity contribution in [3.8, 4) is 0 Å². The van der Waals surface area contributed by atoms with Gasteiger partial charge in [-0.3, -0.25) is 0 Å². The van der Waals surface area contributed by atoms with Crippen LogP contribution in [0, 0.1) is 53.3 Å². The third-order valence-electron chi connectivity index (χ3n) is 13.3. The van der Waals surface area contributed by atoms with Crippen molar-refractivity contribution in [2.24, 2.45) is 53.3 Å². The van der Waals surface area contributed by atoms with Gasteiger partial charge in [-0.2, -0.15) is 0 Å². The molecule has 9 atom stereocenters. The van der Waals surface area contributed by atoms with Gasteiger partial charge in [0.2, 0.25) is 0 Å². The largest absolute Gasteiger partial charge is 0.306 e. The van der Waals surface area contributed by atoms with Gasteiger partial charge in [-0.05, 0) is 136 Å². The fourth-order valence-electron chi connectivity index (χ4n) is 11.0. The number of nitrogens with one attached hydrogen (secondary N) is 1. The van der Waals surface area contributed by atoms with E-state index in [0.717, 1.165) is 47.3 Å². The molecule has 1 heteroatoms. The molecule has 0 aromatic heterocycles. The van der Waals surface area contributed by atoms with Crippen LogP contribution in [0.4, 0.5) is 0 Å². The Morgan fingerprint density at radius 3 is 2.33 bits per heavy atom. The van der Waals surface area contributed by atoms with Gasteiger partial charge in [-0.1, -0.05) is 99.8 Å². The van der Waals surface area contributed by atoms with Crippen molar-refractivity contribution >= 4 is 0 Å². The first kappa shape index (κ1) is 29.1. The minimum atomic E-state index is 0.604. The molecule has 6 aliphatic carbocycles. The highest BCUT2D eigenvalue weighted by atomic mass is 15.0. The lowest BCUT2D eigenvalue weighted by Gasteiger charge is -2.45. The molecular weight excluding hydrogens is 506 g/mol. The normalized spacial score (nSPS) is 40.2. The Kier molecular flexibility index (Phi) is 8.61. The van der Waals surface area contributed by atoms with E-state index in [0.29, 0.717) is 18.0 Å². The Morgan fingerprint density at radius 2 is 1.57 bits per heavy atom. The molecule has 228 valence electrons. The van der Waals surface area contributed by atoms with Crippen molar-refractivity contribution < 1.29 is 0 Å². The Morgan fingerprint density at radius 1 is 0.738 bits per heavy atom. The van der Waals surface area contributed by atoms with Crippen LogP contribution in [0.25, 0.3) is 0 Å². The van der Waals surface area contributed by atoms with Gasteiger partial charge in [0.05, 0.1) is 0 Å². The van der Waals surface area contributed by atoms with Gasteiger partial charge in [0.15, 0.2) is 0 Å². The van der Waals surface area contributed by atoms with Gasteiger partial charge in [0, 0.05) is 18.0 Å². The molecule has 2 fully saturated rings. The van der Waals surface area contributed by atoms with Gasteiger partial charge in [0.1, 0.15) is 0 Å². The second kappa shape index (κ2) is 12.4. The zero-order chi connectivity index (χ0) is 28.8. The van der Waals surface area contributed by atoms with Crippen LogP contribution in [0.15, 0.2) is 70.4 Å². The monoisotopic (exact) mass is 565 g/mol. The molecule has 1 nitrogen and oxygen atoms in total. The molecule has 1 heterocycles. The average Bonchev–Trinajstić information content (AvgIpc) is 3.28. The third-order valence-corrected chi connectivity index (χ3v) is 13.3. The van der Waals surface area contributed by atoms with Crippen LogP contribution in [0.3, 0.4) is 0 Å². The van der Waals surface area contributed by atoms with E-state index in [1.165, 1.54) is 89.9 Å². The number of hydrogen-bond donors (Lipinski definition) is 1. The molecule has 1 N–H and O–H groups in total. The molecular formula is C41H59N. The first-order chi connectivity index (χ1) is 20.5. The lowest BCUT2D eigenvalue weighted by molar-refractivity contribution is 0.177. The van der Waals surface area contributed by atoms with E-state index < -0.39 is 0 Å². The van der Waals surface area contributed by atoms with Crippen molar-refractivity contribution in [2.45, 2.75) is 130 Å². The molecule has 0 radical (unpaired) electrons. The van der Waals surface area contributed by atoms with E-state index in [4.69, 9.17) is 0 Å². The topological polar surface area (TPSA) is 12.0 Å². The summed E-state index contributed by atoms with van der Waals surface area (Å²) in [6, 6.07) is 1.22. The Labute approximate surface area is 258 Å². The van der Waals surface area contributed by atoms with E-state index in [1.807, 2.05) is 5.57 Å². The summed E-state index contributed by atoms with van der Waals surface area (Å²) in [6.07, 6.45) is 37.2. The maximum absolute atomic E-state index is 4.29. The lowest BCUT2D eigenvalue weighted by Crippen LogP contribution is -2.38. The van der Waals surface area contributed by atoms with E-state index >= 15 is 0 Å². The predicted octanol–water partition coefficient (Wildman–Crippen LogP) is 10.7. The Hall–Kier alpha value is -1.60. The summed E-state index contributed by atoms with van der Waals surface area (Å²) in [5.74, 6) is 7.11. The highest BCUT2D eigenvalue weighted by Crippen LogP contribution is 2.53. The van der Waals surface area contributed by atoms with Crippen LogP contribution in [-0.4, -0.2) is 12.1 Å². The zero-order valence-corrected chi connectivity index (χ0v) is 27.3. The van der Waals surface area contributed by atoms with Gasteiger partial charge in [-0.15, -0.1) is 0 Å². The minimum Gasteiger partial charge on any atom is -0.306 e. The fourth-order valence-corrected chi connectivity index (χ4v) is 11.0. The third kappa shape index (κ3) is 5.44. The van der Waals surface area contributed by atoms with E-state index in [1.54, 1.807) is 22.3 Å². The molecule has 0 spiro atoms. The van der Waals surface area contributed by atoms with Gasteiger partial charge >= 0.3 is 0 Å². The SMILES string of the molecule is CC(C)C1C=CC2=C(CC1)C1N[C@@H](C(C)C)C(C3=CC=C(C4CC=C(C5CC=CCC5)C5CCCCC45)CC3)C1CC2. The number of rotatable bonds is 5. The van der Waals surface area contributed by atoms with Crippen LogP contribution >= 0.6 is 0 Å². The number of fused-ring (bicyclic) bond motifs is 3. The Bertz CT molecular complexity index is 1190. The van der Waals surface area contributed by atoms with Crippen LogP contribution in [0.2, 0.25) is 0 Å². The fraction of sp³-hybridized carbons (Fsp3) is 0.707. The van der Waals surface area contributed by atoms with Crippen LogP contribution in [-0.2, 0) is 0 Å². The maximum atomic E-state index is 4.29. The van der Waals surface area contributed by atoms with Crippen molar-refractivity contribution in [3.05, 3.63) is 70.4 Å². The van der Waals surface area contributed by atoms with Crippen molar-refractivity contribution in [2.75, 3.05) is 0 Å². The molecule has 8 unspecified atom stereocenters. The molecule has 7 aliphatic rings. The second-order valence-electron chi connectivity index (χ2n) is 16.1. The molecule has 1 saturated carbocycles. The standard InChI is InChI=1S/C41H59N/c1-26(2)28-14-15-31-21-23-38-39(40(27(3)4)42-41(38)35(31)22-20-28)32-18-16-30(17-19-32)34-25-24-33(29-10-6-5-7-11-29)36-12-8-9-13-37(34)36/h5-6,14-16,18,24,26-29,34,36-42H,7-13,17,19-23,25H2,1-4H3/t28?,29?,34?,36?,37?,38?,39?,40-,41?/m0/s1. The second-order valence-corrected chi connectivity index (χ2v) is 16.1. The maximum Gasteiger partial charge on any atom is 0.0322 e. The molecule has 0 aromatic rings. The summed E-state index contributed by atoms with van der Waals surface area (Å²) in [4.78, 5) is 0. The summed E-state index contributed by atoms with van der Waals surface area (Å²) < 4.78 is 0. The van der Waals surface area contributed by atoms with E-state index in [2.05, 4.69) is 75.5 Å². The smallest absolute Gasteiger partial charge is 0.0322 e. The number of allylic oxidation sites excluding steroid dienone is 10. The molecule has 0 amide bonds. The minimum absolute atomic E-state index is 0.604. The van der Waals surface area contributed by atoms with Gasteiger partial charge in [0.25, 0.3) is 0 Å². The van der Waals surface area contributed by atoms with E-state index in [-0.39, 0.29) is 0 Å². The summed E-state index contributed by atoms with van der Waals surface area (Å²) in [5, 5.41) is 4.29. The molecule has 7 rings (SSSR count). The average molecular weight is 566 g/mol. The molecule has 0 aromatic carbocycles. The highest BCUT2D eigenvalue weighted by Gasteiger charge is 2.49. The lowest BCUT2D eigenvalue weighted by atomic mass is 9.59. The van der Waals surface area contributed by atoms with Gasteiger partial charge in [-0.25, -0.2) is 0 Å². The quantitative estimate of drug-likeness (QED) is 0.327. The van der Waals surface area contributed by atoms with Gasteiger partial charge < -0.3 is 5.32 Å². The number of hydrogen-bond acceptors (Lipinski definition) is 1. The van der Waals surface area contributed by atoms with Crippen LogP contribution in [0.5, 0.6) is 0 Å². The summed E-state index contributed by atoms with van der Waals surface area (Å²) in [5.41, 5.74) is 8.95. The molecule has 0 bridgehead atoms. The van der Waals surface area contributed by atoms with Crippen molar-refractivity contribution in [1.29, 1.82) is 0 Å². The summed E-state index contributed by atoms with van der Waals surface area (Å²) in [7, 11) is 0. The molecule has 1 saturated heterocycles. The van der Waals surface area contributed by atoms with Crippen molar-refractivity contribution in [1.82, 2.24) is 5.32 Å². The predicted molar refractivity (Wildman–Crippen MR) is 179 cm³/mol. The summed E-state index contributed by atoms with van der Waals surface area (Å²) >= 11 is 0. The first-order valence-corrected chi connectivity index (χ1v) is 18.4. The van der Waals surface area contributed by atoms with Crippen LogP contribution in [0.1, 0.15) is 118 Å². The van der Waals surface area contributed by atoms with E-state index in [9.17, 15) is 0 Å². The molecule has 1 aliphatic heterocycles.